The van der Waals surface area contributed by atoms with Crippen LogP contribution in [0.2, 0.25) is 5.02 Å². The minimum Gasteiger partial charge on any atom is -0.360 e. The van der Waals surface area contributed by atoms with E-state index in [0.29, 0.717) is 5.02 Å². The quantitative estimate of drug-likeness (QED) is 0.705. The van der Waals surface area contributed by atoms with Gasteiger partial charge in [0, 0.05) is 17.3 Å². The Morgan fingerprint density at radius 1 is 1.43 bits per heavy atom. The molecule has 1 aromatic carbocycles. The Labute approximate surface area is 149 Å². The Balaban J connectivity index is 1.94. The van der Waals surface area contributed by atoms with Crippen LogP contribution in [-0.2, 0) is 4.79 Å². The molecule has 8 heteroatoms. The van der Waals surface area contributed by atoms with Crippen LogP contribution in [0, 0.1) is 6.92 Å². The lowest BCUT2D eigenvalue weighted by molar-refractivity contribution is -0.115. The van der Waals surface area contributed by atoms with Crippen LogP contribution < -0.4 is 10.6 Å². The molecule has 0 spiro atoms. The number of aryl methyl sites for hydroxylation is 1. The molecule has 0 saturated heterocycles. The van der Waals surface area contributed by atoms with Crippen molar-refractivity contribution in [3.8, 4) is 0 Å². The summed E-state index contributed by atoms with van der Waals surface area (Å²) in [5.41, 5.74) is 1.71. The van der Waals surface area contributed by atoms with E-state index in [-0.39, 0.29) is 11.2 Å². The lowest BCUT2D eigenvalue weighted by Crippen LogP contribution is -2.22. The highest BCUT2D eigenvalue weighted by Gasteiger charge is 2.18. The Kier molecular flexibility index (Phi) is 6.68. The number of nitrogens with one attached hydrogen (secondary N) is 2. The third kappa shape index (κ3) is 5.37. The molecule has 0 aliphatic carbocycles. The van der Waals surface area contributed by atoms with Crippen molar-refractivity contribution in [3.63, 3.8) is 0 Å². The topological polar surface area (TPSA) is 66.9 Å². The molecule has 0 aliphatic rings. The van der Waals surface area contributed by atoms with Crippen molar-refractivity contribution in [2.45, 2.75) is 36.8 Å². The molecular weight excluding hydrogens is 352 g/mol. The first-order valence-electron chi connectivity index (χ1n) is 7.30. The van der Waals surface area contributed by atoms with Crippen molar-refractivity contribution in [1.29, 1.82) is 0 Å². The van der Waals surface area contributed by atoms with Crippen LogP contribution in [-0.4, -0.2) is 27.9 Å². The smallest absolute Gasteiger partial charge is 0.237 e. The van der Waals surface area contributed by atoms with Gasteiger partial charge in [0.25, 0.3) is 0 Å². The molecular formula is C15H19ClN4OS2. The van der Waals surface area contributed by atoms with Gasteiger partial charge in [0.05, 0.1) is 5.25 Å². The van der Waals surface area contributed by atoms with Crippen LogP contribution in [0.5, 0.6) is 0 Å². The molecule has 23 heavy (non-hydrogen) atoms. The molecule has 2 aromatic rings. The number of anilines is 2. The van der Waals surface area contributed by atoms with Gasteiger partial charge in [-0.25, -0.2) is 0 Å². The second-order valence-corrected chi connectivity index (χ2v) is 8.01. The van der Waals surface area contributed by atoms with Crippen LogP contribution in [0.25, 0.3) is 0 Å². The largest absolute Gasteiger partial charge is 0.360 e. The summed E-state index contributed by atoms with van der Waals surface area (Å²) in [5, 5.41) is 15.4. The number of carbonyl (C=O) groups is 1. The number of rotatable bonds is 7. The molecule has 124 valence electrons. The number of amides is 1. The zero-order valence-corrected chi connectivity index (χ0v) is 15.6. The fraction of sp³-hybridized carbons (Fsp3) is 0.400. The van der Waals surface area contributed by atoms with Gasteiger partial charge in [-0.3, -0.25) is 4.79 Å². The maximum atomic E-state index is 12.3. The summed E-state index contributed by atoms with van der Waals surface area (Å²) in [6, 6.07) is 5.44. The Hall–Kier alpha value is -1.31. The maximum absolute atomic E-state index is 12.3. The SMILES string of the molecule is CCCNc1nnc(S[C@@H](C)C(=O)Nc2cc(Cl)ccc2C)s1. The number of nitrogens with zero attached hydrogens (tertiary/aromatic N) is 2. The zero-order valence-electron chi connectivity index (χ0n) is 13.2. The van der Waals surface area contributed by atoms with Gasteiger partial charge in [-0.05, 0) is 38.0 Å². The molecule has 0 fully saturated rings. The Morgan fingerprint density at radius 2 is 2.22 bits per heavy atom. The van der Waals surface area contributed by atoms with Gasteiger partial charge >= 0.3 is 0 Å². The number of benzene rings is 1. The fourth-order valence-corrected chi connectivity index (χ4v) is 3.82. The highest BCUT2D eigenvalue weighted by Crippen LogP contribution is 2.30. The van der Waals surface area contributed by atoms with Gasteiger partial charge < -0.3 is 10.6 Å². The molecule has 0 radical (unpaired) electrons. The van der Waals surface area contributed by atoms with Gasteiger partial charge in [0.15, 0.2) is 4.34 Å². The molecule has 1 aromatic heterocycles. The highest BCUT2D eigenvalue weighted by atomic mass is 35.5. The number of halogens is 1. The predicted molar refractivity (Wildman–Crippen MR) is 98.8 cm³/mol. The molecule has 1 amide bonds. The van der Waals surface area contributed by atoms with Crippen molar-refractivity contribution in [2.75, 3.05) is 17.2 Å². The van der Waals surface area contributed by atoms with E-state index in [1.54, 1.807) is 12.1 Å². The van der Waals surface area contributed by atoms with Crippen molar-refractivity contribution >= 4 is 51.4 Å². The second kappa shape index (κ2) is 8.52. The average Bonchev–Trinajstić information content (AvgIpc) is 2.96. The van der Waals surface area contributed by atoms with Crippen LogP contribution in [0.1, 0.15) is 25.8 Å². The Bertz CT molecular complexity index is 677. The summed E-state index contributed by atoms with van der Waals surface area (Å²) in [4.78, 5) is 12.3. The lowest BCUT2D eigenvalue weighted by Gasteiger charge is -2.12. The number of thioether (sulfide) groups is 1. The normalized spacial score (nSPS) is 12.0. The number of carbonyl (C=O) groups excluding carboxylic acids is 1. The van der Waals surface area contributed by atoms with Crippen molar-refractivity contribution < 1.29 is 4.79 Å². The molecule has 2 rings (SSSR count). The summed E-state index contributed by atoms with van der Waals surface area (Å²) in [7, 11) is 0. The fourth-order valence-electron chi connectivity index (χ4n) is 1.73. The average molecular weight is 371 g/mol. The van der Waals surface area contributed by atoms with Crippen LogP contribution >= 0.6 is 34.7 Å². The van der Waals surface area contributed by atoms with Gasteiger partial charge in [0.2, 0.25) is 11.0 Å². The van der Waals surface area contributed by atoms with Gasteiger partial charge in [0.1, 0.15) is 0 Å². The number of aromatic nitrogens is 2. The standard InChI is InChI=1S/C15H19ClN4OS2/c1-4-7-17-14-19-20-15(23-14)22-10(3)13(21)18-12-8-11(16)6-5-9(12)2/h5-6,8,10H,4,7H2,1-3H3,(H,17,19)(H,18,21)/t10-/m0/s1. The number of hydrogen-bond donors (Lipinski definition) is 2. The summed E-state index contributed by atoms with van der Waals surface area (Å²) < 4.78 is 0.772. The summed E-state index contributed by atoms with van der Waals surface area (Å²) in [6.07, 6.45) is 1.03. The molecule has 0 bridgehead atoms. The van der Waals surface area contributed by atoms with Crippen LogP contribution in [0.3, 0.4) is 0 Å². The van der Waals surface area contributed by atoms with E-state index in [4.69, 9.17) is 11.6 Å². The molecule has 1 heterocycles. The third-order valence-corrected chi connectivity index (χ3v) is 5.34. The van der Waals surface area contributed by atoms with Gasteiger partial charge in [-0.2, -0.15) is 0 Å². The maximum Gasteiger partial charge on any atom is 0.237 e. The summed E-state index contributed by atoms with van der Waals surface area (Å²) in [6.45, 7) is 6.73. The van der Waals surface area contributed by atoms with E-state index in [1.165, 1.54) is 23.1 Å². The molecule has 0 aliphatic heterocycles. The monoisotopic (exact) mass is 370 g/mol. The van der Waals surface area contributed by atoms with E-state index in [2.05, 4.69) is 27.8 Å². The summed E-state index contributed by atoms with van der Waals surface area (Å²) >= 11 is 8.83. The second-order valence-electron chi connectivity index (χ2n) is 5.01. The van der Waals surface area contributed by atoms with E-state index in [1.807, 2.05) is 19.9 Å². The first-order chi connectivity index (χ1) is 11.0. The Morgan fingerprint density at radius 3 is 2.96 bits per heavy atom. The molecule has 1 atom stereocenters. The molecule has 0 saturated carbocycles. The number of hydrogen-bond acceptors (Lipinski definition) is 6. The predicted octanol–water partition coefficient (Wildman–Crippen LogP) is 4.44. The summed E-state index contributed by atoms with van der Waals surface area (Å²) in [5.74, 6) is -0.0846. The molecule has 0 unspecified atom stereocenters. The van der Waals surface area contributed by atoms with Crippen molar-refractivity contribution in [2.24, 2.45) is 0 Å². The first-order valence-corrected chi connectivity index (χ1v) is 9.38. The first kappa shape index (κ1) is 18.0. The van der Waals surface area contributed by atoms with E-state index >= 15 is 0 Å². The van der Waals surface area contributed by atoms with Crippen LogP contribution in [0.4, 0.5) is 10.8 Å². The van der Waals surface area contributed by atoms with E-state index < -0.39 is 0 Å². The van der Waals surface area contributed by atoms with Crippen molar-refractivity contribution in [1.82, 2.24) is 10.2 Å². The van der Waals surface area contributed by atoms with E-state index in [0.717, 1.165) is 33.7 Å². The zero-order chi connectivity index (χ0) is 16.8. The van der Waals surface area contributed by atoms with E-state index in [9.17, 15) is 4.79 Å². The van der Waals surface area contributed by atoms with Gasteiger partial charge in [-0.15, -0.1) is 10.2 Å². The van der Waals surface area contributed by atoms with Crippen LogP contribution in [0.15, 0.2) is 22.5 Å². The third-order valence-electron chi connectivity index (χ3n) is 3.04. The van der Waals surface area contributed by atoms with Gasteiger partial charge in [-0.1, -0.05) is 47.7 Å². The molecule has 5 nitrogen and oxygen atoms in total. The molecule has 2 N–H and O–H groups in total. The lowest BCUT2D eigenvalue weighted by atomic mass is 10.2. The minimum absolute atomic E-state index is 0.0846. The minimum atomic E-state index is -0.277. The highest BCUT2D eigenvalue weighted by molar-refractivity contribution is 8.02. The van der Waals surface area contributed by atoms with Crippen molar-refractivity contribution in [3.05, 3.63) is 28.8 Å².